The maximum Gasteiger partial charge on any atom is 0.417 e. The number of hydrogen-bond donors (Lipinski definition) is 2. The molecule has 1 heterocycles. The maximum absolute atomic E-state index is 13.0. The summed E-state index contributed by atoms with van der Waals surface area (Å²) in [7, 11) is 0. The Morgan fingerprint density at radius 2 is 1.78 bits per heavy atom. The Balaban J connectivity index is 0.00000264. The molecule has 0 radical (unpaired) electrons. The van der Waals surface area contributed by atoms with Crippen LogP contribution < -0.4 is 11.2 Å². The van der Waals surface area contributed by atoms with Crippen LogP contribution in [0.15, 0.2) is 42.6 Å². The van der Waals surface area contributed by atoms with E-state index in [4.69, 9.17) is 5.73 Å². The van der Waals surface area contributed by atoms with Crippen molar-refractivity contribution in [1.29, 1.82) is 0 Å². The van der Waals surface area contributed by atoms with Gasteiger partial charge in [-0.05, 0) is 18.2 Å². The van der Waals surface area contributed by atoms with Gasteiger partial charge in [-0.25, -0.2) is 0 Å². The van der Waals surface area contributed by atoms with Gasteiger partial charge in [0.1, 0.15) is 5.69 Å². The van der Waals surface area contributed by atoms with Crippen LogP contribution in [0.1, 0.15) is 21.6 Å². The van der Waals surface area contributed by atoms with E-state index in [2.05, 4.69) is 5.43 Å². The number of nitrogens with one attached hydrogen (secondary N) is 1. The number of rotatable bonds is 4. The highest BCUT2D eigenvalue weighted by atomic mass is 79.9. The van der Waals surface area contributed by atoms with E-state index in [1.54, 1.807) is 0 Å². The van der Waals surface area contributed by atoms with Gasteiger partial charge in [0.2, 0.25) is 5.78 Å². The number of hydrogen-bond acceptors (Lipinski definition) is 3. The molecular weight excluding hydrogens is 379 g/mol. The summed E-state index contributed by atoms with van der Waals surface area (Å²) in [5, 5.41) is 0. The van der Waals surface area contributed by atoms with Gasteiger partial charge in [-0.15, -0.1) is 17.0 Å². The average Bonchev–Trinajstić information content (AvgIpc) is 2.93. The molecule has 0 unspecified atom stereocenters. The summed E-state index contributed by atoms with van der Waals surface area (Å²) < 4.78 is 40.0. The Bertz CT molecular complexity index is 713. The third-order valence-electron chi connectivity index (χ3n) is 2.89. The van der Waals surface area contributed by atoms with Gasteiger partial charge >= 0.3 is 6.18 Å². The number of carbonyl (C=O) groups excluding carboxylic acids is 2. The Labute approximate surface area is 140 Å². The number of carbonyl (C=O) groups is 2. The maximum atomic E-state index is 13.0. The zero-order chi connectivity index (χ0) is 16.3. The number of nitrogens with two attached hydrogens (primary N) is 1. The molecule has 124 valence electrons. The minimum atomic E-state index is -4.65. The molecule has 0 fully saturated rings. The van der Waals surface area contributed by atoms with E-state index < -0.39 is 29.0 Å². The van der Waals surface area contributed by atoms with Crippen molar-refractivity contribution in [3.05, 3.63) is 59.4 Å². The largest absolute Gasteiger partial charge is 0.417 e. The molecule has 0 atom stereocenters. The molecule has 23 heavy (non-hydrogen) atoms. The lowest BCUT2D eigenvalue weighted by Gasteiger charge is -2.13. The molecule has 9 heteroatoms. The Morgan fingerprint density at radius 3 is 2.39 bits per heavy atom. The van der Waals surface area contributed by atoms with Gasteiger partial charge in [-0.3, -0.25) is 19.7 Å². The fraction of sp³-hybridized carbons (Fsp3) is 0.143. The van der Waals surface area contributed by atoms with Crippen LogP contribution in [0, 0.1) is 0 Å². The SMILES string of the molecule is Br.NCC(=O)Nn1cccc1C(=O)c1ccccc1C(F)(F)F. The molecule has 5 nitrogen and oxygen atoms in total. The summed E-state index contributed by atoms with van der Waals surface area (Å²) in [6.45, 7) is -0.315. The number of halogens is 4. The third-order valence-corrected chi connectivity index (χ3v) is 2.89. The van der Waals surface area contributed by atoms with E-state index >= 15 is 0 Å². The van der Waals surface area contributed by atoms with Crippen molar-refractivity contribution >= 4 is 28.7 Å². The summed E-state index contributed by atoms with van der Waals surface area (Å²) in [5.41, 5.74) is 5.83. The number of alkyl halides is 3. The number of amides is 1. The topological polar surface area (TPSA) is 77.1 Å². The predicted octanol–water partition coefficient (Wildman–Crippen LogP) is 2.34. The van der Waals surface area contributed by atoms with E-state index in [9.17, 15) is 22.8 Å². The molecule has 1 aromatic heterocycles. The fourth-order valence-corrected chi connectivity index (χ4v) is 1.91. The van der Waals surface area contributed by atoms with E-state index in [-0.39, 0.29) is 29.2 Å². The fourth-order valence-electron chi connectivity index (χ4n) is 1.91. The highest BCUT2D eigenvalue weighted by Crippen LogP contribution is 2.32. The summed E-state index contributed by atoms with van der Waals surface area (Å²) >= 11 is 0. The number of benzene rings is 1. The molecule has 0 saturated carbocycles. The molecule has 0 aliphatic carbocycles. The zero-order valence-corrected chi connectivity index (χ0v) is 13.3. The van der Waals surface area contributed by atoms with Crippen molar-refractivity contribution in [3.8, 4) is 0 Å². The molecule has 0 bridgehead atoms. The summed E-state index contributed by atoms with van der Waals surface area (Å²) in [4.78, 5) is 23.6. The van der Waals surface area contributed by atoms with E-state index in [0.29, 0.717) is 0 Å². The molecular formula is C14H13BrF3N3O2. The second kappa shape index (κ2) is 7.42. The molecule has 2 rings (SSSR count). The van der Waals surface area contributed by atoms with Crippen LogP contribution in [0.3, 0.4) is 0 Å². The smallest absolute Gasteiger partial charge is 0.322 e. The molecule has 0 saturated heterocycles. The lowest BCUT2D eigenvalue weighted by molar-refractivity contribution is -0.137. The summed E-state index contributed by atoms with van der Waals surface area (Å²) in [6.07, 6.45) is -3.30. The lowest BCUT2D eigenvalue weighted by Crippen LogP contribution is -2.31. The van der Waals surface area contributed by atoms with Gasteiger partial charge in [0.25, 0.3) is 5.91 Å². The first-order valence-electron chi connectivity index (χ1n) is 6.23. The van der Waals surface area contributed by atoms with Crippen LogP contribution in [0.25, 0.3) is 0 Å². The van der Waals surface area contributed by atoms with E-state index in [0.717, 1.165) is 16.8 Å². The average molecular weight is 392 g/mol. The van der Waals surface area contributed by atoms with Gasteiger partial charge in [0.05, 0.1) is 12.1 Å². The Hall–Kier alpha value is -2.13. The zero-order valence-electron chi connectivity index (χ0n) is 11.6. The first-order chi connectivity index (χ1) is 10.3. The summed E-state index contributed by atoms with van der Waals surface area (Å²) in [5.74, 6) is -1.43. The van der Waals surface area contributed by atoms with Gasteiger partial charge in [0.15, 0.2) is 0 Å². The van der Waals surface area contributed by atoms with Gasteiger partial charge in [-0.1, -0.05) is 18.2 Å². The van der Waals surface area contributed by atoms with Crippen molar-refractivity contribution in [2.24, 2.45) is 5.73 Å². The van der Waals surface area contributed by atoms with Crippen molar-refractivity contribution < 1.29 is 22.8 Å². The van der Waals surface area contributed by atoms with Crippen LogP contribution in [0.2, 0.25) is 0 Å². The molecule has 0 spiro atoms. The highest BCUT2D eigenvalue weighted by Gasteiger charge is 2.35. The minimum Gasteiger partial charge on any atom is -0.322 e. The van der Waals surface area contributed by atoms with Crippen LogP contribution in [0.4, 0.5) is 13.2 Å². The first-order valence-corrected chi connectivity index (χ1v) is 6.23. The van der Waals surface area contributed by atoms with Crippen molar-refractivity contribution in [1.82, 2.24) is 4.68 Å². The molecule has 2 aromatic rings. The van der Waals surface area contributed by atoms with Crippen LogP contribution >= 0.6 is 17.0 Å². The van der Waals surface area contributed by atoms with Crippen LogP contribution in [-0.2, 0) is 11.0 Å². The number of nitrogens with zero attached hydrogens (tertiary/aromatic N) is 1. The van der Waals surface area contributed by atoms with Gasteiger partial charge < -0.3 is 5.73 Å². The number of ketones is 1. The highest BCUT2D eigenvalue weighted by molar-refractivity contribution is 8.93. The Morgan fingerprint density at radius 1 is 1.13 bits per heavy atom. The second-order valence-corrected chi connectivity index (χ2v) is 4.38. The third kappa shape index (κ3) is 4.20. The monoisotopic (exact) mass is 391 g/mol. The second-order valence-electron chi connectivity index (χ2n) is 4.38. The van der Waals surface area contributed by atoms with Crippen molar-refractivity contribution in [3.63, 3.8) is 0 Å². The van der Waals surface area contributed by atoms with Crippen molar-refractivity contribution in [2.75, 3.05) is 12.0 Å². The van der Waals surface area contributed by atoms with E-state index in [1.807, 2.05) is 0 Å². The lowest BCUT2D eigenvalue weighted by atomic mass is 10.0. The van der Waals surface area contributed by atoms with Crippen molar-refractivity contribution in [2.45, 2.75) is 6.18 Å². The first kappa shape index (κ1) is 18.9. The standard InChI is InChI=1S/C14H12F3N3O2.BrH/c15-14(16,17)10-5-2-1-4-9(10)13(22)11-6-3-7-20(11)19-12(21)8-18;/h1-7H,8,18H2,(H,19,21);1H. The molecule has 1 aromatic carbocycles. The molecule has 1 amide bonds. The van der Waals surface area contributed by atoms with Gasteiger partial charge in [-0.2, -0.15) is 13.2 Å². The molecule has 3 N–H and O–H groups in total. The minimum absolute atomic E-state index is 0. The van der Waals surface area contributed by atoms with E-state index in [1.165, 1.54) is 30.5 Å². The predicted molar refractivity (Wildman–Crippen MR) is 83.1 cm³/mol. The summed E-state index contributed by atoms with van der Waals surface area (Å²) in [6, 6.07) is 7.21. The molecule has 0 aliphatic rings. The van der Waals surface area contributed by atoms with Crippen LogP contribution in [0.5, 0.6) is 0 Å². The normalized spacial score (nSPS) is 10.8. The number of aromatic nitrogens is 1. The Kier molecular flexibility index (Phi) is 6.11. The quantitative estimate of drug-likeness (QED) is 0.785. The van der Waals surface area contributed by atoms with Gasteiger partial charge in [0, 0.05) is 11.8 Å². The molecule has 0 aliphatic heterocycles. The van der Waals surface area contributed by atoms with Crippen LogP contribution in [-0.4, -0.2) is 22.9 Å².